The zero-order valence-corrected chi connectivity index (χ0v) is 12.6. The Hall–Kier alpha value is -2.30. The fraction of sp³-hybridized carbons (Fsp3) is 0.375. The molecule has 3 N–H and O–H groups in total. The Kier molecular flexibility index (Phi) is 4.98. The lowest BCUT2D eigenvalue weighted by atomic mass is 10.1. The molecule has 0 fully saturated rings. The number of fused-ring (bicyclic) bond motifs is 1. The third-order valence-electron chi connectivity index (χ3n) is 3.57. The number of pyridine rings is 1. The monoisotopic (exact) mass is 286 g/mol. The number of hydrogen-bond donors (Lipinski definition) is 2. The molecule has 0 saturated carbocycles. The molecule has 0 spiro atoms. The molecule has 0 atom stereocenters. The highest BCUT2D eigenvalue weighted by Gasteiger charge is 2.12. The molecule has 0 saturated heterocycles. The van der Waals surface area contributed by atoms with Crippen molar-refractivity contribution in [2.45, 2.75) is 26.7 Å². The van der Waals surface area contributed by atoms with Gasteiger partial charge in [0.2, 0.25) is 0 Å². The molecule has 1 aromatic heterocycles. The second-order valence-electron chi connectivity index (χ2n) is 4.96. The topological polar surface area (TPSA) is 74.7 Å². The lowest BCUT2D eigenvalue weighted by molar-refractivity contribution is 0.318. The number of rotatable bonds is 6. The number of nitrogens with zero attached hydrogens (tertiary/aromatic N) is 3. The fourth-order valence-corrected chi connectivity index (χ4v) is 2.37. The third kappa shape index (κ3) is 3.24. The minimum Gasteiger partial charge on any atom is -0.409 e. The Labute approximate surface area is 125 Å². The predicted molar refractivity (Wildman–Crippen MR) is 87.0 cm³/mol. The average Bonchev–Trinajstić information content (AvgIpc) is 2.54. The van der Waals surface area contributed by atoms with E-state index in [0.29, 0.717) is 5.56 Å². The van der Waals surface area contributed by atoms with Crippen LogP contribution in [-0.2, 0) is 0 Å². The van der Waals surface area contributed by atoms with E-state index in [1.54, 1.807) is 0 Å². The van der Waals surface area contributed by atoms with Crippen molar-refractivity contribution in [3.05, 3.63) is 35.9 Å². The van der Waals surface area contributed by atoms with Gasteiger partial charge in [0.05, 0.1) is 5.52 Å². The first kappa shape index (κ1) is 15.1. The van der Waals surface area contributed by atoms with E-state index in [4.69, 9.17) is 15.9 Å². The summed E-state index contributed by atoms with van der Waals surface area (Å²) in [7, 11) is 0. The second kappa shape index (κ2) is 6.92. The molecule has 21 heavy (non-hydrogen) atoms. The van der Waals surface area contributed by atoms with Crippen LogP contribution in [0.2, 0.25) is 0 Å². The predicted octanol–water partition coefficient (Wildman–Crippen LogP) is 2.96. The first-order valence-electron chi connectivity index (χ1n) is 7.33. The van der Waals surface area contributed by atoms with E-state index in [9.17, 15) is 0 Å². The molecule has 2 rings (SSSR count). The van der Waals surface area contributed by atoms with Crippen LogP contribution in [0.25, 0.3) is 10.9 Å². The van der Waals surface area contributed by atoms with E-state index in [1.807, 2.05) is 30.3 Å². The SMILES string of the molecule is CCCCN(CC)c1cc(C(N)=NO)c2ccccc2n1. The molecule has 1 aromatic carbocycles. The lowest BCUT2D eigenvalue weighted by Gasteiger charge is -2.23. The van der Waals surface area contributed by atoms with Crippen LogP contribution in [0.15, 0.2) is 35.5 Å². The summed E-state index contributed by atoms with van der Waals surface area (Å²) in [5, 5.41) is 13.0. The zero-order chi connectivity index (χ0) is 15.2. The van der Waals surface area contributed by atoms with Crippen molar-refractivity contribution in [3.63, 3.8) is 0 Å². The number of unbranched alkanes of at least 4 members (excludes halogenated alkanes) is 1. The van der Waals surface area contributed by atoms with Gasteiger partial charge in [0.1, 0.15) is 5.82 Å². The van der Waals surface area contributed by atoms with Gasteiger partial charge in [-0.15, -0.1) is 0 Å². The summed E-state index contributed by atoms with van der Waals surface area (Å²) in [6, 6.07) is 9.64. The highest BCUT2D eigenvalue weighted by atomic mass is 16.4. The summed E-state index contributed by atoms with van der Waals surface area (Å²) in [6.07, 6.45) is 2.25. The molecular weight excluding hydrogens is 264 g/mol. The third-order valence-corrected chi connectivity index (χ3v) is 3.57. The van der Waals surface area contributed by atoms with Crippen LogP contribution in [0, 0.1) is 0 Å². The standard InChI is InChI=1S/C16H22N4O/c1-3-5-10-20(4-2)15-11-13(16(17)19-21)12-8-6-7-9-14(12)18-15/h6-9,11,21H,3-5,10H2,1-2H3,(H2,17,19). The Morgan fingerprint density at radius 1 is 1.33 bits per heavy atom. The van der Waals surface area contributed by atoms with E-state index < -0.39 is 0 Å². The molecule has 1 heterocycles. The summed E-state index contributed by atoms with van der Waals surface area (Å²) in [5.74, 6) is 0.979. The number of amidine groups is 1. The van der Waals surface area contributed by atoms with Crippen LogP contribution in [0.3, 0.4) is 0 Å². The summed E-state index contributed by atoms with van der Waals surface area (Å²) in [4.78, 5) is 6.92. The molecule has 5 heteroatoms. The van der Waals surface area contributed by atoms with E-state index in [0.717, 1.165) is 42.7 Å². The van der Waals surface area contributed by atoms with E-state index in [2.05, 4.69) is 23.9 Å². The summed E-state index contributed by atoms with van der Waals surface area (Å²) < 4.78 is 0. The Bertz CT molecular complexity index is 639. The van der Waals surface area contributed by atoms with Gasteiger partial charge in [-0.25, -0.2) is 4.98 Å². The summed E-state index contributed by atoms with van der Waals surface area (Å²) in [6.45, 7) is 6.11. The highest BCUT2D eigenvalue weighted by molar-refractivity contribution is 6.08. The van der Waals surface area contributed by atoms with Crippen LogP contribution in [0.1, 0.15) is 32.3 Å². The van der Waals surface area contributed by atoms with Crippen molar-refractivity contribution in [2.75, 3.05) is 18.0 Å². The van der Waals surface area contributed by atoms with Crippen molar-refractivity contribution in [3.8, 4) is 0 Å². The van der Waals surface area contributed by atoms with Crippen molar-refractivity contribution in [2.24, 2.45) is 10.9 Å². The number of hydrogen-bond acceptors (Lipinski definition) is 4. The lowest BCUT2D eigenvalue weighted by Crippen LogP contribution is -2.25. The number of nitrogens with two attached hydrogens (primary N) is 1. The normalized spacial score (nSPS) is 11.8. The maximum atomic E-state index is 9.00. The minimum absolute atomic E-state index is 0.112. The summed E-state index contributed by atoms with van der Waals surface area (Å²) in [5.41, 5.74) is 7.39. The van der Waals surface area contributed by atoms with Crippen LogP contribution in [0.4, 0.5) is 5.82 Å². The Balaban J connectivity index is 2.54. The Morgan fingerprint density at radius 3 is 2.76 bits per heavy atom. The molecule has 5 nitrogen and oxygen atoms in total. The first-order chi connectivity index (χ1) is 10.2. The molecule has 112 valence electrons. The maximum Gasteiger partial charge on any atom is 0.170 e. The van der Waals surface area contributed by atoms with Gasteiger partial charge < -0.3 is 15.8 Å². The smallest absolute Gasteiger partial charge is 0.170 e. The molecule has 0 aliphatic rings. The summed E-state index contributed by atoms with van der Waals surface area (Å²) >= 11 is 0. The largest absolute Gasteiger partial charge is 0.409 e. The van der Waals surface area contributed by atoms with Crippen molar-refractivity contribution in [1.29, 1.82) is 0 Å². The molecule has 0 aliphatic carbocycles. The zero-order valence-electron chi connectivity index (χ0n) is 12.6. The fourth-order valence-electron chi connectivity index (χ4n) is 2.37. The Morgan fingerprint density at radius 2 is 2.10 bits per heavy atom. The number of oxime groups is 1. The molecule has 2 aromatic rings. The molecule has 0 bridgehead atoms. The molecule has 0 aliphatic heterocycles. The van der Waals surface area contributed by atoms with Gasteiger partial charge in [-0.05, 0) is 25.5 Å². The molecule has 0 radical (unpaired) electrons. The number of anilines is 1. The van der Waals surface area contributed by atoms with Crippen molar-refractivity contribution >= 4 is 22.6 Å². The molecule has 0 unspecified atom stereocenters. The number of aromatic nitrogens is 1. The quantitative estimate of drug-likeness (QED) is 0.370. The number of para-hydroxylation sites is 1. The molecule has 0 amide bonds. The van der Waals surface area contributed by atoms with Gasteiger partial charge in [-0.2, -0.15) is 0 Å². The van der Waals surface area contributed by atoms with Gasteiger partial charge in [0.25, 0.3) is 0 Å². The highest BCUT2D eigenvalue weighted by Crippen LogP contribution is 2.23. The van der Waals surface area contributed by atoms with Gasteiger partial charge in [0, 0.05) is 24.0 Å². The minimum atomic E-state index is 0.112. The van der Waals surface area contributed by atoms with Gasteiger partial charge in [-0.1, -0.05) is 36.7 Å². The second-order valence-corrected chi connectivity index (χ2v) is 4.96. The van der Waals surface area contributed by atoms with E-state index in [1.165, 1.54) is 0 Å². The van der Waals surface area contributed by atoms with Gasteiger partial charge in [-0.3, -0.25) is 0 Å². The van der Waals surface area contributed by atoms with E-state index in [-0.39, 0.29) is 5.84 Å². The van der Waals surface area contributed by atoms with Crippen molar-refractivity contribution in [1.82, 2.24) is 4.98 Å². The van der Waals surface area contributed by atoms with Crippen LogP contribution in [-0.4, -0.2) is 29.1 Å². The average molecular weight is 286 g/mol. The van der Waals surface area contributed by atoms with E-state index >= 15 is 0 Å². The first-order valence-corrected chi connectivity index (χ1v) is 7.33. The molecular formula is C16H22N4O. The van der Waals surface area contributed by atoms with Crippen molar-refractivity contribution < 1.29 is 5.21 Å². The number of benzene rings is 1. The van der Waals surface area contributed by atoms with Crippen LogP contribution >= 0.6 is 0 Å². The van der Waals surface area contributed by atoms with Gasteiger partial charge >= 0.3 is 0 Å². The van der Waals surface area contributed by atoms with Crippen LogP contribution < -0.4 is 10.6 Å². The van der Waals surface area contributed by atoms with Gasteiger partial charge in [0.15, 0.2) is 5.84 Å². The maximum absolute atomic E-state index is 9.00. The van der Waals surface area contributed by atoms with Crippen LogP contribution in [0.5, 0.6) is 0 Å².